The second kappa shape index (κ2) is 8.51. The number of sulfonamides is 1. The van der Waals surface area contributed by atoms with Crippen molar-refractivity contribution in [1.29, 1.82) is 0 Å². The first-order valence-corrected chi connectivity index (χ1v) is 12.2. The van der Waals surface area contributed by atoms with Gasteiger partial charge >= 0.3 is 0 Å². The van der Waals surface area contributed by atoms with Crippen LogP contribution >= 0.6 is 0 Å². The molecule has 0 spiro atoms. The molecule has 2 aromatic rings. The molecule has 0 atom stereocenters. The van der Waals surface area contributed by atoms with Crippen LogP contribution in [0.4, 0.5) is 0 Å². The van der Waals surface area contributed by atoms with Gasteiger partial charge in [-0.25, -0.2) is 8.42 Å². The Morgan fingerprint density at radius 3 is 2.47 bits per heavy atom. The topological polar surface area (TPSA) is 76.7 Å². The van der Waals surface area contributed by atoms with Crippen molar-refractivity contribution in [2.45, 2.75) is 62.8 Å². The number of aryl methyl sites for hydroxylation is 2. The molecule has 8 heteroatoms. The lowest BCUT2D eigenvalue weighted by atomic mass is 9.96. The number of aromatic nitrogens is 2. The third-order valence-electron chi connectivity index (χ3n) is 6.10. The maximum absolute atomic E-state index is 13.4. The molecule has 1 saturated heterocycles. The van der Waals surface area contributed by atoms with Crippen molar-refractivity contribution in [3.8, 4) is 0 Å². The van der Waals surface area contributed by atoms with Gasteiger partial charge < -0.3 is 4.57 Å². The fourth-order valence-electron chi connectivity index (χ4n) is 4.35. The third-order valence-corrected chi connectivity index (χ3v) is 7.96. The van der Waals surface area contributed by atoms with Gasteiger partial charge in [0.15, 0.2) is 0 Å². The molecule has 0 bridgehead atoms. The average molecular weight is 431 g/mol. The van der Waals surface area contributed by atoms with E-state index in [-0.39, 0.29) is 16.8 Å². The van der Waals surface area contributed by atoms with E-state index in [1.807, 2.05) is 19.1 Å². The number of hydrogen-bond acceptors (Lipinski definition) is 4. The predicted molar refractivity (Wildman–Crippen MR) is 115 cm³/mol. The number of hydrogen-bond donors (Lipinski definition) is 0. The molecule has 0 N–H and O–H groups in total. The number of pyridine rings is 1. The SMILES string of the molecule is Cc1ccn(C(=O)c2cc(S(=O)(=O)N3CCCC3)cn2C)c(=NC2CCCCC2)c1. The van der Waals surface area contributed by atoms with E-state index >= 15 is 0 Å². The molecule has 1 aliphatic carbocycles. The van der Waals surface area contributed by atoms with Crippen LogP contribution in [0.15, 0.2) is 40.5 Å². The largest absolute Gasteiger partial charge is 0.345 e. The molecule has 0 aromatic carbocycles. The fraction of sp³-hybridized carbons (Fsp3) is 0.545. The van der Waals surface area contributed by atoms with Gasteiger partial charge in [-0.3, -0.25) is 14.4 Å². The zero-order valence-electron chi connectivity index (χ0n) is 17.7. The van der Waals surface area contributed by atoms with Gasteiger partial charge in [-0.15, -0.1) is 0 Å². The maximum atomic E-state index is 13.4. The minimum absolute atomic E-state index is 0.175. The highest BCUT2D eigenvalue weighted by molar-refractivity contribution is 7.89. The molecule has 0 unspecified atom stereocenters. The van der Waals surface area contributed by atoms with Crippen molar-refractivity contribution in [3.05, 3.63) is 47.3 Å². The Hall–Kier alpha value is -2.19. The van der Waals surface area contributed by atoms with Crippen LogP contribution < -0.4 is 5.49 Å². The second-order valence-corrected chi connectivity index (χ2v) is 10.4. The van der Waals surface area contributed by atoms with E-state index in [4.69, 9.17) is 4.99 Å². The van der Waals surface area contributed by atoms with Crippen molar-refractivity contribution >= 4 is 15.9 Å². The van der Waals surface area contributed by atoms with Gasteiger partial charge in [-0.1, -0.05) is 19.3 Å². The number of rotatable bonds is 4. The Kier molecular flexibility index (Phi) is 5.97. The van der Waals surface area contributed by atoms with Gasteiger partial charge in [0, 0.05) is 32.5 Å². The molecule has 2 aromatic heterocycles. The summed E-state index contributed by atoms with van der Waals surface area (Å²) in [6.07, 6.45) is 10.7. The van der Waals surface area contributed by atoms with Crippen LogP contribution in [0.5, 0.6) is 0 Å². The third kappa shape index (κ3) is 4.16. The molecule has 2 aliphatic rings. The lowest BCUT2D eigenvalue weighted by Gasteiger charge is -2.18. The van der Waals surface area contributed by atoms with Crippen LogP contribution in [0.25, 0.3) is 0 Å². The van der Waals surface area contributed by atoms with Crippen LogP contribution in [0.3, 0.4) is 0 Å². The fourth-order valence-corrected chi connectivity index (χ4v) is 5.94. The molecule has 0 amide bonds. The van der Waals surface area contributed by atoms with E-state index in [1.165, 1.54) is 35.8 Å². The van der Waals surface area contributed by atoms with E-state index in [0.717, 1.165) is 31.2 Å². The van der Waals surface area contributed by atoms with Crippen LogP contribution in [-0.4, -0.2) is 46.9 Å². The predicted octanol–water partition coefficient (Wildman–Crippen LogP) is 2.84. The minimum Gasteiger partial charge on any atom is -0.345 e. The first kappa shape index (κ1) is 21.1. The van der Waals surface area contributed by atoms with E-state index in [2.05, 4.69) is 0 Å². The lowest BCUT2D eigenvalue weighted by Crippen LogP contribution is -2.30. The van der Waals surface area contributed by atoms with Crippen LogP contribution in [0, 0.1) is 6.92 Å². The maximum Gasteiger partial charge on any atom is 0.280 e. The van der Waals surface area contributed by atoms with E-state index in [9.17, 15) is 13.2 Å². The number of carbonyl (C=O) groups excluding carboxylic acids is 1. The van der Waals surface area contributed by atoms with Crippen molar-refractivity contribution in [1.82, 2.24) is 13.4 Å². The molecule has 162 valence electrons. The average Bonchev–Trinajstić information content (AvgIpc) is 3.39. The normalized spacial score (nSPS) is 19.5. The smallest absolute Gasteiger partial charge is 0.280 e. The van der Waals surface area contributed by atoms with Gasteiger partial charge in [0.05, 0.1) is 6.04 Å². The minimum atomic E-state index is -3.57. The molecular formula is C22H30N4O3S. The van der Waals surface area contributed by atoms with Crippen molar-refractivity contribution in [2.75, 3.05) is 13.1 Å². The number of carbonyl (C=O) groups is 1. The van der Waals surface area contributed by atoms with Gasteiger partial charge in [-0.2, -0.15) is 4.31 Å². The molecule has 4 rings (SSSR count). The zero-order chi connectivity index (χ0) is 21.3. The Labute approximate surface area is 178 Å². The Balaban J connectivity index is 1.70. The molecule has 2 fully saturated rings. The van der Waals surface area contributed by atoms with Gasteiger partial charge in [0.1, 0.15) is 16.1 Å². The Morgan fingerprint density at radius 1 is 1.07 bits per heavy atom. The van der Waals surface area contributed by atoms with E-state index in [0.29, 0.717) is 24.3 Å². The van der Waals surface area contributed by atoms with Crippen molar-refractivity contribution in [3.63, 3.8) is 0 Å². The van der Waals surface area contributed by atoms with Crippen molar-refractivity contribution < 1.29 is 13.2 Å². The molecular weight excluding hydrogens is 400 g/mol. The summed E-state index contributed by atoms with van der Waals surface area (Å²) in [5, 5.41) is 0. The highest BCUT2D eigenvalue weighted by Gasteiger charge is 2.29. The Bertz CT molecular complexity index is 1100. The van der Waals surface area contributed by atoms with Crippen LogP contribution in [0.1, 0.15) is 61.0 Å². The molecule has 1 saturated carbocycles. The summed E-state index contributed by atoms with van der Waals surface area (Å²) in [7, 11) is -1.86. The standard InChI is InChI=1S/C22H30N4O3S/c1-17-10-13-26(21(14-17)23-18-8-4-3-5-9-18)22(27)20-15-19(16-24(20)2)30(28,29)25-11-6-7-12-25/h10,13-16,18H,3-9,11-12H2,1-2H3. The first-order valence-electron chi connectivity index (χ1n) is 10.8. The van der Waals surface area contributed by atoms with Crippen molar-refractivity contribution in [2.24, 2.45) is 12.0 Å². The van der Waals surface area contributed by atoms with Gasteiger partial charge in [0.2, 0.25) is 10.0 Å². The molecule has 7 nitrogen and oxygen atoms in total. The van der Waals surface area contributed by atoms with Gasteiger partial charge in [0.25, 0.3) is 5.91 Å². The quantitative estimate of drug-likeness (QED) is 0.748. The second-order valence-electron chi connectivity index (χ2n) is 8.44. The molecule has 3 heterocycles. The highest BCUT2D eigenvalue weighted by Crippen LogP contribution is 2.23. The first-order chi connectivity index (χ1) is 14.4. The monoisotopic (exact) mass is 430 g/mol. The summed E-state index contributed by atoms with van der Waals surface area (Å²) in [6, 6.07) is 5.53. The van der Waals surface area contributed by atoms with Crippen LogP contribution in [-0.2, 0) is 17.1 Å². The summed E-state index contributed by atoms with van der Waals surface area (Å²) in [5.74, 6) is -0.269. The number of nitrogens with zero attached hydrogens (tertiary/aromatic N) is 4. The molecule has 1 aliphatic heterocycles. The molecule has 0 radical (unpaired) electrons. The highest BCUT2D eigenvalue weighted by atomic mass is 32.2. The lowest BCUT2D eigenvalue weighted by molar-refractivity contribution is 0.0946. The summed E-state index contributed by atoms with van der Waals surface area (Å²) >= 11 is 0. The van der Waals surface area contributed by atoms with Crippen LogP contribution in [0.2, 0.25) is 0 Å². The van der Waals surface area contributed by atoms with E-state index in [1.54, 1.807) is 22.4 Å². The summed E-state index contributed by atoms with van der Waals surface area (Å²) in [6.45, 7) is 3.06. The van der Waals surface area contributed by atoms with Gasteiger partial charge in [-0.05, 0) is 56.4 Å². The summed E-state index contributed by atoms with van der Waals surface area (Å²) < 4.78 is 30.5. The molecule has 30 heavy (non-hydrogen) atoms. The zero-order valence-corrected chi connectivity index (χ0v) is 18.6. The summed E-state index contributed by atoms with van der Waals surface area (Å²) in [5.41, 5.74) is 2.01. The van der Waals surface area contributed by atoms with E-state index < -0.39 is 10.0 Å². The summed E-state index contributed by atoms with van der Waals surface area (Å²) in [4.78, 5) is 18.4. The Morgan fingerprint density at radius 2 is 1.77 bits per heavy atom.